The highest BCUT2D eigenvalue weighted by atomic mass is 32.2. The number of benzene rings is 1. The standard InChI is InChI=1S/C15H15FN4S2/c1-10-17-13(9-22-10)7-8-21-15-19-18-14(20(15)2)11-3-5-12(16)6-4-11/h3-6,9H,7-8H2,1-2H3. The molecule has 2 aromatic heterocycles. The van der Waals surface area contributed by atoms with Gasteiger partial charge in [-0.25, -0.2) is 9.37 Å². The van der Waals surface area contributed by atoms with Crippen molar-refractivity contribution in [2.75, 3.05) is 5.75 Å². The lowest BCUT2D eigenvalue weighted by Gasteiger charge is -2.03. The van der Waals surface area contributed by atoms with Gasteiger partial charge in [0.1, 0.15) is 5.82 Å². The Morgan fingerprint density at radius 2 is 2.00 bits per heavy atom. The fourth-order valence-corrected chi connectivity index (χ4v) is 3.58. The van der Waals surface area contributed by atoms with Crippen LogP contribution in [-0.4, -0.2) is 25.5 Å². The summed E-state index contributed by atoms with van der Waals surface area (Å²) in [4.78, 5) is 4.45. The van der Waals surface area contributed by atoms with Crippen LogP contribution in [0.15, 0.2) is 34.8 Å². The smallest absolute Gasteiger partial charge is 0.191 e. The van der Waals surface area contributed by atoms with E-state index in [4.69, 9.17) is 0 Å². The van der Waals surface area contributed by atoms with E-state index in [0.29, 0.717) is 0 Å². The van der Waals surface area contributed by atoms with Crippen molar-refractivity contribution in [1.82, 2.24) is 19.7 Å². The molecule has 0 saturated heterocycles. The highest BCUT2D eigenvalue weighted by molar-refractivity contribution is 7.99. The molecule has 3 aromatic rings. The van der Waals surface area contributed by atoms with E-state index in [-0.39, 0.29) is 5.82 Å². The van der Waals surface area contributed by atoms with Gasteiger partial charge in [0.15, 0.2) is 11.0 Å². The second-order valence-electron chi connectivity index (χ2n) is 4.83. The molecular weight excluding hydrogens is 319 g/mol. The molecule has 0 unspecified atom stereocenters. The van der Waals surface area contributed by atoms with E-state index < -0.39 is 0 Å². The van der Waals surface area contributed by atoms with E-state index in [1.165, 1.54) is 12.1 Å². The van der Waals surface area contributed by atoms with Crippen LogP contribution in [0.5, 0.6) is 0 Å². The first-order valence-corrected chi connectivity index (χ1v) is 8.69. The highest BCUT2D eigenvalue weighted by Gasteiger charge is 2.11. The van der Waals surface area contributed by atoms with Crippen molar-refractivity contribution < 1.29 is 4.39 Å². The third-order valence-corrected chi connectivity index (χ3v) is 5.04. The van der Waals surface area contributed by atoms with Gasteiger partial charge in [0.05, 0.1) is 10.7 Å². The summed E-state index contributed by atoms with van der Waals surface area (Å²) >= 11 is 3.32. The summed E-state index contributed by atoms with van der Waals surface area (Å²) in [6.07, 6.45) is 0.910. The Labute approximate surface area is 136 Å². The van der Waals surface area contributed by atoms with Crippen LogP contribution in [0.4, 0.5) is 4.39 Å². The summed E-state index contributed by atoms with van der Waals surface area (Å²) in [5, 5.41) is 12.5. The van der Waals surface area contributed by atoms with Crippen LogP contribution in [0.2, 0.25) is 0 Å². The maximum atomic E-state index is 13.0. The van der Waals surface area contributed by atoms with E-state index >= 15 is 0 Å². The minimum absolute atomic E-state index is 0.251. The van der Waals surface area contributed by atoms with Crippen molar-refractivity contribution in [2.45, 2.75) is 18.5 Å². The van der Waals surface area contributed by atoms with Crippen LogP contribution in [0, 0.1) is 12.7 Å². The SMILES string of the molecule is Cc1nc(CCSc2nnc(-c3ccc(F)cc3)n2C)cs1. The highest BCUT2D eigenvalue weighted by Crippen LogP contribution is 2.23. The van der Waals surface area contributed by atoms with Gasteiger partial charge >= 0.3 is 0 Å². The minimum atomic E-state index is -0.251. The molecule has 3 rings (SSSR count). The minimum Gasteiger partial charge on any atom is -0.305 e. The zero-order valence-electron chi connectivity index (χ0n) is 12.3. The van der Waals surface area contributed by atoms with Crippen LogP contribution in [0.3, 0.4) is 0 Å². The number of hydrogen-bond acceptors (Lipinski definition) is 5. The number of nitrogens with zero attached hydrogens (tertiary/aromatic N) is 4. The molecule has 0 atom stereocenters. The van der Waals surface area contributed by atoms with E-state index in [9.17, 15) is 4.39 Å². The van der Waals surface area contributed by atoms with Crippen molar-refractivity contribution in [1.29, 1.82) is 0 Å². The zero-order chi connectivity index (χ0) is 15.5. The summed E-state index contributed by atoms with van der Waals surface area (Å²) < 4.78 is 14.9. The van der Waals surface area contributed by atoms with E-state index in [1.54, 1.807) is 35.2 Å². The van der Waals surface area contributed by atoms with Crippen LogP contribution >= 0.6 is 23.1 Å². The monoisotopic (exact) mass is 334 g/mol. The summed E-state index contributed by atoms with van der Waals surface area (Å²) in [6, 6.07) is 6.29. The second-order valence-corrected chi connectivity index (χ2v) is 6.95. The average molecular weight is 334 g/mol. The molecule has 0 radical (unpaired) electrons. The molecular formula is C15H15FN4S2. The van der Waals surface area contributed by atoms with Crippen molar-refractivity contribution in [3.63, 3.8) is 0 Å². The van der Waals surface area contributed by atoms with Gasteiger partial charge in [0, 0.05) is 30.2 Å². The number of aromatic nitrogens is 4. The van der Waals surface area contributed by atoms with Gasteiger partial charge in [-0.3, -0.25) is 0 Å². The lowest BCUT2D eigenvalue weighted by Crippen LogP contribution is -1.96. The molecule has 0 N–H and O–H groups in total. The first kappa shape index (κ1) is 15.2. The fourth-order valence-electron chi connectivity index (χ4n) is 2.06. The summed E-state index contributed by atoms with van der Waals surface area (Å²) in [7, 11) is 1.92. The third-order valence-electron chi connectivity index (χ3n) is 3.19. The Balaban J connectivity index is 1.66. The van der Waals surface area contributed by atoms with Crippen LogP contribution in [0.25, 0.3) is 11.4 Å². The number of rotatable bonds is 5. The average Bonchev–Trinajstić information content (AvgIpc) is 3.07. The lowest BCUT2D eigenvalue weighted by molar-refractivity contribution is 0.628. The number of thiazole rings is 1. The normalized spacial score (nSPS) is 11.0. The molecule has 7 heteroatoms. The topological polar surface area (TPSA) is 43.6 Å². The van der Waals surface area contributed by atoms with Gasteiger partial charge in [0.2, 0.25) is 0 Å². The van der Waals surface area contributed by atoms with Crippen molar-refractivity contribution in [3.05, 3.63) is 46.2 Å². The molecule has 4 nitrogen and oxygen atoms in total. The Morgan fingerprint density at radius 1 is 1.23 bits per heavy atom. The maximum Gasteiger partial charge on any atom is 0.191 e. The van der Waals surface area contributed by atoms with Crippen LogP contribution in [0.1, 0.15) is 10.7 Å². The molecule has 0 bridgehead atoms. The summed E-state index contributed by atoms with van der Waals surface area (Å²) in [6.45, 7) is 2.01. The summed E-state index contributed by atoms with van der Waals surface area (Å²) in [5.74, 6) is 1.39. The third kappa shape index (κ3) is 3.36. The Bertz CT molecular complexity index is 764. The maximum absolute atomic E-state index is 13.0. The van der Waals surface area contributed by atoms with E-state index in [2.05, 4.69) is 20.6 Å². The molecule has 0 aliphatic heterocycles. The van der Waals surface area contributed by atoms with Crippen molar-refractivity contribution >= 4 is 23.1 Å². The van der Waals surface area contributed by atoms with Crippen LogP contribution in [-0.2, 0) is 13.5 Å². The quantitative estimate of drug-likeness (QED) is 0.667. The predicted molar refractivity (Wildman–Crippen MR) is 87.7 cm³/mol. The summed E-state index contributed by atoms with van der Waals surface area (Å²) in [5.41, 5.74) is 1.98. The fraction of sp³-hybridized carbons (Fsp3) is 0.267. The second kappa shape index (κ2) is 6.58. The molecule has 0 saturated carbocycles. The molecule has 1 aromatic carbocycles. The van der Waals surface area contributed by atoms with Gasteiger partial charge in [0.25, 0.3) is 0 Å². The first-order valence-electron chi connectivity index (χ1n) is 6.82. The van der Waals surface area contributed by atoms with Gasteiger partial charge < -0.3 is 4.57 Å². The number of hydrogen-bond donors (Lipinski definition) is 0. The van der Waals surface area contributed by atoms with Gasteiger partial charge in [-0.2, -0.15) is 0 Å². The molecule has 2 heterocycles. The largest absolute Gasteiger partial charge is 0.305 e. The number of halogens is 1. The van der Waals surface area contributed by atoms with Gasteiger partial charge in [-0.15, -0.1) is 21.5 Å². The van der Waals surface area contributed by atoms with Crippen LogP contribution < -0.4 is 0 Å². The van der Waals surface area contributed by atoms with E-state index in [0.717, 1.165) is 39.4 Å². The first-order chi connectivity index (χ1) is 10.6. The van der Waals surface area contributed by atoms with Crippen molar-refractivity contribution in [3.8, 4) is 11.4 Å². The van der Waals surface area contributed by atoms with E-state index in [1.807, 2.05) is 18.5 Å². The predicted octanol–water partition coefficient (Wildman–Crippen LogP) is 3.72. The Morgan fingerprint density at radius 3 is 2.68 bits per heavy atom. The number of thioether (sulfide) groups is 1. The molecule has 0 spiro atoms. The Kier molecular flexibility index (Phi) is 4.54. The zero-order valence-corrected chi connectivity index (χ0v) is 13.9. The number of aryl methyl sites for hydroxylation is 2. The molecule has 0 aliphatic rings. The molecule has 0 aliphatic carbocycles. The lowest BCUT2D eigenvalue weighted by atomic mass is 10.2. The Hall–Kier alpha value is -1.73. The molecule has 114 valence electrons. The van der Waals surface area contributed by atoms with Gasteiger partial charge in [-0.1, -0.05) is 11.8 Å². The molecule has 0 amide bonds. The van der Waals surface area contributed by atoms with Gasteiger partial charge in [-0.05, 0) is 31.2 Å². The molecule has 22 heavy (non-hydrogen) atoms. The molecule has 0 fully saturated rings. The van der Waals surface area contributed by atoms with Crippen molar-refractivity contribution in [2.24, 2.45) is 7.05 Å².